The second kappa shape index (κ2) is 8.11. The highest BCUT2D eigenvalue weighted by molar-refractivity contribution is 5.98. The lowest BCUT2D eigenvalue weighted by molar-refractivity contribution is -0.121. The van der Waals surface area contributed by atoms with E-state index in [-0.39, 0.29) is 18.4 Å². The SMILES string of the molecule is Cc1cccc(/C=C/C(=O)NCC(=O)Nc2c(C)cccc2C)c1. The van der Waals surface area contributed by atoms with Crippen LogP contribution in [-0.2, 0) is 9.59 Å². The summed E-state index contributed by atoms with van der Waals surface area (Å²) in [5, 5.41) is 5.43. The maximum absolute atomic E-state index is 12.0. The Bertz CT molecular complexity index is 759. The summed E-state index contributed by atoms with van der Waals surface area (Å²) in [5.74, 6) is -0.544. The summed E-state index contributed by atoms with van der Waals surface area (Å²) in [6, 6.07) is 13.7. The minimum atomic E-state index is -0.298. The molecule has 2 aromatic carbocycles. The first kappa shape index (κ1) is 17.5. The number of para-hydroxylation sites is 1. The van der Waals surface area contributed by atoms with Crippen molar-refractivity contribution in [3.8, 4) is 0 Å². The van der Waals surface area contributed by atoms with E-state index in [4.69, 9.17) is 0 Å². The number of aryl methyl sites for hydroxylation is 3. The Balaban J connectivity index is 1.86. The molecule has 2 rings (SSSR count). The zero-order chi connectivity index (χ0) is 17.5. The van der Waals surface area contributed by atoms with Crippen LogP contribution in [0.4, 0.5) is 5.69 Å². The molecule has 0 aliphatic heterocycles. The molecule has 0 spiro atoms. The Morgan fingerprint density at radius 3 is 2.33 bits per heavy atom. The minimum absolute atomic E-state index is 0.0647. The van der Waals surface area contributed by atoms with Crippen LogP contribution >= 0.6 is 0 Å². The normalized spacial score (nSPS) is 10.6. The van der Waals surface area contributed by atoms with Crippen LogP contribution in [0, 0.1) is 20.8 Å². The number of amides is 2. The third-order valence-corrected chi connectivity index (χ3v) is 3.64. The van der Waals surface area contributed by atoms with Crippen LogP contribution in [0.2, 0.25) is 0 Å². The van der Waals surface area contributed by atoms with E-state index < -0.39 is 0 Å². The van der Waals surface area contributed by atoms with Gasteiger partial charge < -0.3 is 10.6 Å². The molecule has 4 nitrogen and oxygen atoms in total. The van der Waals surface area contributed by atoms with E-state index >= 15 is 0 Å². The highest BCUT2D eigenvalue weighted by Crippen LogP contribution is 2.18. The Morgan fingerprint density at radius 2 is 1.67 bits per heavy atom. The van der Waals surface area contributed by atoms with Crippen LogP contribution in [-0.4, -0.2) is 18.4 Å². The third kappa shape index (κ3) is 5.09. The van der Waals surface area contributed by atoms with Crippen LogP contribution in [0.1, 0.15) is 22.3 Å². The Kier molecular flexibility index (Phi) is 5.90. The van der Waals surface area contributed by atoms with Gasteiger partial charge >= 0.3 is 0 Å². The van der Waals surface area contributed by atoms with E-state index in [9.17, 15) is 9.59 Å². The van der Waals surface area contributed by atoms with Crippen LogP contribution in [0.5, 0.6) is 0 Å². The number of carbonyl (C=O) groups is 2. The van der Waals surface area contributed by atoms with Gasteiger partial charge in [-0.2, -0.15) is 0 Å². The lowest BCUT2D eigenvalue weighted by Gasteiger charge is -2.11. The zero-order valence-electron chi connectivity index (χ0n) is 14.2. The molecule has 0 atom stereocenters. The predicted molar refractivity (Wildman–Crippen MR) is 97.8 cm³/mol. The molecular formula is C20H22N2O2. The Hall–Kier alpha value is -2.88. The molecule has 2 amide bonds. The van der Waals surface area contributed by atoms with Crippen molar-refractivity contribution in [3.05, 3.63) is 70.8 Å². The Morgan fingerprint density at radius 1 is 1.00 bits per heavy atom. The number of nitrogens with one attached hydrogen (secondary N) is 2. The van der Waals surface area contributed by atoms with Gasteiger partial charge in [-0.25, -0.2) is 0 Å². The average Bonchev–Trinajstić information content (AvgIpc) is 2.54. The molecule has 24 heavy (non-hydrogen) atoms. The van der Waals surface area contributed by atoms with Crippen LogP contribution in [0.3, 0.4) is 0 Å². The van der Waals surface area contributed by atoms with Gasteiger partial charge in [-0.05, 0) is 43.5 Å². The lowest BCUT2D eigenvalue weighted by Crippen LogP contribution is -2.32. The molecule has 0 fully saturated rings. The minimum Gasteiger partial charge on any atom is -0.343 e. The van der Waals surface area contributed by atoms with Crippen LogP contribution in [0.15, 0.2) is 48.5 Å². The van der Waals surface area contributed by atoms with Gasteiger partial charge in [0, 0.05) is 11.8 Å². The third-order valence-electron chi connectivity index (χ3n) is 3.64. The number of rotatable bonds is 5. The summed E-state index contributed by atoms with van der Waals surface area (Å²) >= 11 is 0. The van der Waals surface area contributed by atoms with Gasteiger partial charge in [0.05, 0.1) is 6.54 Å². The summed E-state index contributed by atoms with van der Waals surface area (Å²) < 4.78 is 0. The molecule has 2 aromatic rings. The second-order valence-corrected chi connectivity index (χ2v) is 5.78. The summed E-state index contributed by atoms with van der Waals surface area (Å²) in [6.45, 7) is 5.80. The molecule has 2 N–H and O–H groups in total. The first-order valence-corrected chi connectivity index (χ1v) is 7.84. The average molecular weight is 322 g/mol. The van der Waals surface area contributed by atoms with Crippen LogP contribution < -0.4 is 10.6 Å². The molecule has 0 aromatic heterocycles. The first-order chi connectivity index (χ1) is 11.5. The van der Waals surface area contributed by atoms with E-state index in [1.165, 1.54) is 6.08 Å². The highest BCUT2D eigenvalue weighted by atomic mass is 16.2. The molecule has 0 heterocycles. The molecule has 4 heteroatoms. The fraction of sp³-hybridized carbons (Fsp3) is 0.200. The van der Waals surface area contributed by atoms with Gasteiger partial charge in [-0.1, -0.05) is 48.0 Å². The maximum Gasteiger partial charge on any atom is 0.244 e. The summed E-state index contributed by atoms with van der Waals surface area (Å²) in [7, 11) is 0. The molecule has 0 aliphatic carbocycles. The number of anilines is 1. The van der Waals surface area contributed by atoms with Crippen LogP contribution in [0.25, 0.3) is 6.08 Å². The number of hydrogen-bond donors (Lipinski definition) is 2. The zero-order valence-corrected chi connectivity index (χ0v) is 14.2. The van der Waals surface area contributed by atoms with Gasteiger partial charge in [0.15, 0.2) is 0 Å². The molecule has 0 aliphatic rings. The standard InChI is InChI=1S/C20H22N2O2/c1-14-6-4-9-17(12-14)10-11-18(23)21-13-19(24)22-20-15(2)7-5-8-16(20)3/h4-12H,13H2,1-3H3,(H,21,23)(H,22,24)/b11-10+. The number of benzene rings is 2. The van der Waals surface area contributed by atoms with Crippen molar-refractivity contribution in [2.75, 3.05) is 11.9 Å². The summed E-state index contributed by atoms with van der Waals surface area (Å²) in [4.78, 5) is 23.8. The molecule has 0 radical (unpaired) electrons. The summed E-state index contributed by atoms with van der Waals surface area (Å²) in [6.07, 6.45) is 3.16. The van der Waals surface area contributed by atoms with Gasteiger partial charge in [0.1, 0.15) is 0 Å². The van der Waals surface area contributed by atoms with Gasteiger partial charge in [-0.15, -0.1) is 0 Å². The molecule has 0 saturated heterocycles. The fourth-order valence-corrected chi connectivity index (χ4v) is 2.37. The van der Waals surface area contributed by atoms with Gasteiger partial charge in [0.2, 0.25) is 11.8 Å². The fourth-order valence-electron chi connectivity index (χ4n) is 2.37. The highest BCUT2D eigenvalue weighted by Gasteiger charge is 2.07. The van der Waals surface area contributed by atoms with Gasteiger partial charge in [0.25, 0.3) is 0 Å². The van der Waals surface area contributed by atoms with Crippen molar-refractivity contribution in [1.82, 2.24) is 5.32 Å². The van der Waals surface area contributed by atoms with Crippen molar-refractivity contribution in [3.63, 3.8) is 0 Å². The Labute approximate surface area is 142 Å². The van der Waals surface area contributed by atoms with E-state index in [0.29, 0.717) is 0 Å². The first-order valence-electron chi connectivity index (χ1n) is 7.84. The van der Waals surface area contributed by atoms with Crippen molar-refractivity contribution in [2.24, 2.45) is 0 Å². The van der Waals surface area contributed by atoms with Crippen molar-refractivity contribution < 1.29 is 9.59 Å². The summed E-state index contributed by atoms with van der Waals surface area (Å²) in [5.41, 5.74) is 4.87. The maximum atomic E-state index is 12.0. The quantitative estimate of drug-likeness (QED) is 0.829. The molecule has 0 unspecified atom stereocenters. The number of hydrogen-bond acceptors (Lipinski definition) is 2. The van der Waals surface area contributed by atoms with Crippen molar-refractivity contribution in [2.45, 2.75) is 20.8 Å². The largest absolute Gasteiger partial charge is 0.343 e. The number of carbonyl (C=O) groups excluding carboxylic acids is 2. The molecular weight excluding hydrogens is 300 g/mol. The predicted octanol–water partition coefficient (Wildman–Crippen LogP) is 3.38. The molecule has 0 bridgehead atoms. The van der Waals surface area contributed by atoms with Crippen molar-refractivity contribution >= 4 is 23.6 Å². The molecule has 0 saturated carbocycles. The molecule has 124 valence electrons. The van der Waals surface area contributed by atoms with E-state index in [1.54, 1.807) is 6.08 Å². The lowest BCUT2D eigenvalue weighted by atomic mass is 10.1. The second-order valence-electron chi connectivity index (χ2n) is 5.78. The topological polar surface area (TPSA) is 58.2 Å². The monoisotopic (exact) mass is 322 g/mol. The van der Waals surface area contributed by atoms with E-state index in [0.717, 1.165) is 27.9 Å². The van der Waals surface area contributed by atoms with E-state index in [2.05, 4.69) is 10.6 Å². The van der Waals surface area contributed by atoms with Crippen molar-refractivity contribution in [1.29, 1.82) is 0 Å². The van der Waals surface area contributed by atoms with E-state index in [1.807, 2.05) is 63.2 Å². The smallest absolute Gasteiger partial charge is 0.244 e. The van der Waals surface area contributed by atoms with Gasteiger partial charge in [-0.3, -0.25) is 9.59 Å².